The van der Waals surface area contributed by atoms with Gasteiger partial charge in [-0.05, 0) is 17.5 Å². The lowest BCUT2D eigenvalue weighted by Crippen LogP contribution is -2.11. The molecule has 1 heterocycles. The van der Waals surface area contributed by atoms with Gasteiger partial charge in [0.1, 0.15) is 6.07 Å². The van der Waals surface area contributed by atoms with E-state index in [0.717, 1.165) is 12.0 Å². The number of aromatic nitrogens is 1. The highest BCUT2D eigenvalue weighted by Gasteiger charge is 2.23. The summed E-state index contributed by atoms with van der Waals surface area (Å²) in [5.41, 5.74) is 4.95. The molecule has 114 valence electrons. The minimum absolute atomic E-state index is 0.211. The van der Waals surface area contributed by atoms with Crippen molar-refractivity contribution in [1.29, 1.82) is 5.26 Å². The van der Waals surface area contributed by atoms with E-state index in [1.807, 2.05) is 39.0 Å². The van der Waals surface area contributed by atoms with E-state index in [1.54, 1.807) is 6.21 Å². The number of hydrogen-bond acceptors (Lipinski definition) is 5. The van der Waals surface area contributed by atoms with E-state index >= 15 is 0 Å². The van der Waals surface area contributed by atoms with Gasteiger partial charge in [-0.1, -0.05) is 52.0 Å². The zero-order valence-corrected chi connectivity index (χ0v) is 13.3. The van der Waals surface area contributed by atoms with E-state index in [1.165, 1.54) is 5.56 Å². The number of hydrogen-bond donors (Lipinski definition) is 1. The average molecular weight is 296 g/mol. The van der Waals surface area contributed by atoms with Crippen LogP contribution in [0, 0.1) is 11.3 Å². The molecule has 1 aromatic heterocycles. The van der Waals surface area contributed by atoms with Crippen LogP contribution in [-0.4, -0.2) is 11.2 Å². The van der Waals surface area contributed by atoms with Crippen LogP contribution in [0.2, 0.25) is 0 Å². The van der Waals surface area contributed by atoms with Gasteiger partial charge in [0.25, 0.3) is 5.88 Å². The molecule has 0 spiro atoms. The highest BCUT2D eigenvalue weighted by Crippen LogP contribution is 2.26. The molecule has 0 fully saturated rings. The molecule has 0 aliphatic rings. The molecule has 5 heteroatoms. The minimum Gasteiger partial charge on any atom is -0.421 e. The third-order valence-corrected chi connectivity index (χ3v) is 3.14. The van der Waals surface area contributed by atoms with Gasteiger partial charge in [0, 0.05) is 5.41 Å². The zero-order valence-electron chi connectivity index (χ0n) is 13.3. The Hall–Kier alpha value is -2.61. The number of nitrogens with one attached hydrogen (secondary N) is 1. The number of nitrogens with zero attached hydrogens (tertiary/aromatic N) is 3. The molecule has 22 heavy (non-hydrogen) atoms. The van der Waals surface area contributed by atoms with Crippen molar-refractivity contribution < 1.29 is 4.42 Å². The highest BCUT2D eigenvalue weighted by atomic mass is 16.4. The van der Waals surface area contributed by atoms with Crippen LogP contribution in [0.15, 0.2) is 33.8 Å². The first-order valence-electron chi connectivity index (χ1n) is 7.23. The first-order valence-corrected chi connectivity index (χ1v) is 7.23. The van der Waals surface area contributed by atoms with E-state index in [4.69, 9.17) is 9.68 Å². The van der Waals surface area contributed by atoms with Crippen molar-refractivity contribution in [2.75, 3.05) is 5.43 Å². The van der Waals surface area contributed by atoms with Crippen LogP contribution >= 0.6 is 0 Å². The Bertz CT molecular complexity index is 700. The number of hydrazone groups is 1. The molecule has 0 bridgehead atoms. The molecule has 1 N–H and O–H groups in total. The number of aryl methyl sites for hydroxylation is 1. The van der Waals surface area contributed by atoms with Crippen molar-refractivity contribution >= 4 is 12.1 Å². The van der Waals surface area contributed by atoms with Crippen molar-refractivity contribution in [3.63, 3.8) is 0 Å². The summed E-state index contributed by atoms with van der Waals surface area (Å²) in [6.07, 6.45) is 2.69. The van der Waals surface area contributed by atoms with E-state index in [9.17, 15) is 0 Å². The summed E-state index contributed by atoms with van der Waals surface area (Å²) >= 11 is 0. The molecular formula is C17H20N4O. The smallest absolute Gasteiger partial charge is 0.252 e. The second-order valence-electron chi connectivity index (χ2n) is 6.02. The lowest BCUT2D eigenvalue weighted by Gasteiger charge is -2.11. The summed E-state index contributed by atoms with van der Waals surface area (Å²) in [5, 5.41) is 13.2. The fraction of sp³-hybridized carbons (Fsp3) is 0.353. The molecule has 0 aliphatic heterocycles. The number of benzene rings is 1. The topological polar surface area (TPSA) is 74.2 Å². The van der Waals surface area contributed by atoms with Gasteiger partial charge in [0.05, 0.1) is 6.21 Å². The lowest BCUT2D eigenvalue weighted by atomic mass is 9.97. The van der Waals surface area contributed by atoms with Crippen molar-refractivity contribution in [3.8, 4) is 6.07 Å². The van der Waals surface area contributed by atoms with Gasteiger partial charge in [-0.25, -0.2) is 5.43 Å². The maximum absolute atomic E-state index is 9.11. The number of rotatable bonds is 4. The summed E-state index contributed by atoms with van der Waals surface area (Å²) in [5.74, 6) is 0.780. The van der Waals surface area contributed by atoms with Crippen LogP contribution in [0.3, 0.4) is 0 Å². The second kappa shape index (κ2) is 6.44. The van der Waals surface area contributed by atoms with Gasteiger partial charge < -0.3 is 4.42 Å². The average Bonchev–Trinajstić information content (AvgIpc) is 2.91. The van der Waals surface area contributed by atoms with E-state index in [0.29, 0.717) is 5.89 Å². The Morgan fingerprint density at radius 2 is 2.00 bits per heavy atom. The normalized spacial score (nSPS) is 11.6. The molecule has 0 amide bonds. The Kier molecular flexibility index (Phi) is 4.62. The van der Waals surface area contributed by atoms with Crippen molar-refractivity contribution in [3.05, 3.63) is 47.0 Å². The third-order valence-electron chi connectivity index (χ3n) is 3.14. The fourth-order valence-electron chi connectivity index (χ4n) is 1.80. The maximum atomic E-state index is 9.11. The van der Waals surface area contributed by atoms with Crippen molar-refractivity contribution in [1.82, 2.24) is 4.98 Å². The van der Waals surface area contributed by atoms with Crippen LogP contribution < -0.4 is 5.43 Å². The molecular weight excluding hydrogens is 276 g/mol. The summed E-state index contributed by atoms with van der Waals surface area (Å²) in [4.78, 5) is 4.18. The lowest BCUT2D eigenvalue weighted by molar-refractivity contribution is 0.399. The van der Waals surface area contributed by atoms with Crippen LogP contribution in [0.25, 0.3) is 0 Å². The molecule has 0 aliphatic carbocycles. The monoisotopic (exact) mass is 296 g/mol. The van der Waals surface area contributed by atoms with Gasteiger partial charge >= 0.3 is 0 Å². The minimum atomic E-state index is -0.259. The fourth-order valence-corrected chi connectivity index (χ4v) is 1.80. The van der Waals surface area contributed by atoms with E-state index in [-0.39, 0.29) is 17.0 Å². The molecule has 0 atom stereocenters. The quantitative estimate of drug-likeness (QED) is 0.687. The maximum Gasteiger partial charge on any atom is 0.252 e. The van der Waals surface area contributed by atoms with Crippen LogP contribution in [0.1, 0.15) is 50.4 Å². The van der Waals surface area contributed by atoms with Crippen LogP contribution in [0.5, 0.6) is 0 Å². The first-order chi connectivity index (χ1) is 10.4. The van der Waals surface area contributed by atoms with Crippen molar-refractivity contribution in [2.45, 2.75) is 39.5 Å². The molecule has 0 saturated carbocycles. The molecule has 0 radical (unpaired) electrons. The highest BCUT2D eigenvalue weighted by molar-refractivity contribution is 5.80. The molecule has 0 unspecified atom stereocenters. The molecule has 0 saturated heterocycles. The van der Waals surface area contributed by atoms with Crippen LogP contribution in [-0.2, 0) is 11.8 Å². The molecule has 1 aromatic carbocycles. The zero-order chi connectivity index (χ0) is 16.2. The largest absolute Gasteiger partial charge is 0.421 e. The first kappa shape index (κ1) is 15.8. The third kappa shape index (κ3) is 3.73. The number of nitriles is 1. The summed E-state index contributed by atoms with van der Waals surface area (Å²) in [6.45, 7) is 8.04. The van der Waals surface area contributed by atoms with Gasteiger partial charge in [-0.3, -0.25) is 0 Å². The van der Waals surface area contributed by atoms with Gasteiger partial charge in [0.15, 0.2) is 0 Å². The van der Waals surface area contributed by atoms with Gasteiger partial charge in [0.2, 0.25) is 11.6 Å². The van der Waals surface area contributed by atoms with Crippen LogP contribution in [0.4, 0.5) is 5.88 Å². The SMILES string of the molecule is CCc1ccc(C=NNc2oc(C(C)(C)C)nc2C#N)cc1. The van der Waals surface area contributed by atoms with Gasteiger partial charge in [-0.2, -0.15) is 15.3 Å². The molecule has 2 aromatic rings. The van der Waals surface area contributed by atoms with E-state index < -0.39 is 0 Å². The Morgan fingerprint density at radius 3 is 2.55 bits per heavy atom. The second-order valence-corrected chi connectivity index (χ2v) is 6.02. The Balaban J connectivity index is 2.12. The summed E-state index contributed by atoms with van der Waals surface area (Å²) < 4.78 is 5.59. The number of anilines is 1. The molecule has 2 rings (SSSR count). The van der Waals surface area contributed by atoms with Gasteiger partial charge in [-0.15, -0.1) is 0 Å². The predicted molar refractivity (Wildman–Crippen MR) is 87.0 cm³/mol. The Labute approximate surface area is 130 Å². The van der Waals surface area contributed by atoms with E-state index in [2.05, 4.69) is 34.6 Å². The standard InChI is InChI=1S/C17H20N4O/c1-5-12-6-8-13(9-7-12)11-19-21-15-14(10-18)20-16(22-15)17(2,3)4/h6-9,11,21H,5H2,1-4H3. The summed E-state index contributed by atoms with van der Waals surface area (Å²) in [6, 6.07) is 10.1. The number of oxazole rings is 1. The summed E-state index contributed by atoms with van der Waals surface area (Å²) in [7, 11) is 0. The Morgan fingerprint density at radius 1 is 1.32 bits per heavy atom. The van der Waals surface area contributed by atoms with Crippen molar-refractivity contribution in [2.24, 2.45) is 5.10 Å². The predicted octanol–water partition coefficient (Wildman–Crippen LogP) is 3.85. The molecule has 5 nitrogen and oxygen atoms in total.